The molecule has 248 valence electrons. The molecular weight excluding hydrogens is 686 g/mol. The summed E-state index contributed by atoms with van der Waals surface area (Å²) in [6, 6.07) is 17.6. The number of nitrogens with two attached hydrogens (primary N) is 2. The van der Waals surface area contributed by atoms with E-state index in [0.29, 0.717) is 36.0 Å². The van der Waals surface area contributed by atoms with Crippen molar-refractivity contribution in [1.82, 2.24) is 9.97 Å². The minimum atomic E-state index is -0.462. The molecule has 0 aliphatic carbocycles. The molecule has 0 aromatic carbocycles. The molecule has 4 heterocycles. The van der Waals surface area contributed by atoms with Crippen molar-refractivity contribution in [3.8, 4) is 0 Å². The van der Waals surface area contributed by atoms with Crippen molar-refractivity contribution in [3.63, 3.8) is 0 Å². The fourth-order valence-electron chi connectivity index (χ4n) is 2.79. The third-order valence-electron chi connectivity index (χ3n) is 4.81. The van der Waals surface area contributed by atoms with Crippen LogP contribution in [-0.4, -0.2) is 56.8 Å². The van der Waals surface area contributed by atoms with Gasteiger partial charge in [0.15, 0.2) is 18.6 Å². The normalized spacial score (nSPS) is 9.61. The molecule has 46 heavy (non-hydrogen) atoms. The summed E-state index contributed by atoms with van der Waals surface area (Å²) >= 11 is 9.99. The first-order valence-corrected chi connectivity index (χ1v) is 13.4. The molecule has 14 nitrogen and oxygen atoms in total. The van der Waals surface area contributed by atoms with Gasteiger partial charge >= 0.3 is 0 Å². The van der Waals surface area contributed by atoms with Crippen LogP contribution < -0.4 is 45.4 Å². The standard InChI is InChI=1S/C14H14N4O3.2C6H6N2O.C2H4Cl2O.2ClH/c15-14(19)12-4-7-17(8-5-12)10-21-11-18-6-2-1-3-13(18)9-16-20;7-6(9)5-1-3-8-4-2-5;9-8-5-6-3-1-2-4-7-6;3-1-5-2-4;;/h1-9H,10-11H2,(H-,15,19);1-4H,(H2,7,9);1-5,9H;1-2H2;2*1H/b;;8-5+;;;. The van der Waals surface area contributed by atoms with Crippen LogP contribution in [0.25, 0.3) is 0 Å². The van der Waals surface area contributed by atoms with Crippen molar-refractivity contribution in [2.75, 3.05) is 12.1 Å². The van der Waals surface area contributed by atoms with Gasteiger partial charge in [0.25, 0.3) is 13.5 Å². The second-order valence-corrected chi connectivity index (χ2v) is 8.23. The lowest BCUT2D eigenvalue weighted by Gasteiger charge is -2.00. The molecule has 4 rings (SSSR count). The number of oxime groups is 2. The van der Waals surface area contributed by atoms with Crippen LogP contribution in [0.4, 0.5) is 0 Å². The highest BCUT2D eigenvalue weighted by molar-refractivity contribution is 6.18. The average molecular weight is 718 g/mol. The number of amides is 2. The Labute approximate surface area is 287 Å². The summed E-state index contributed by atoms with van der Waals surface area (Å²) in [4.78, 5) is 28.9. The largest absolute Gasteiger partial charge is 1.00 e. The molecule has 4 aromatic heterocycles. The van der Waals surface area contributed by atoms with Crippen molar-refractivity contribution in [1.29, 1.82) is 0 Å². The minimum absolute atomic E-state index is 0. The fraction of sp³-hybridized carbons (Fsp3) is 0.143. The Balaban J connectivity index is 0. The average Bonchev–Trinajstić information content (AvgIpc) is 3.05. The zero-order valence-corrected chi connectivity index (χ0v) is 27.1. The highest BCUT2D eigenvalue weighted by Crippen LogP contribution is 1.94. The van der Waals surface area contributed by atoms with Crippen LogP contribution in [0.2, 0.25) is 0 Å². The molecular formula is C28H32Cl4N8O6. The summed E-state index contributed by atoms with van der Waals surface area (Å²) in [6.07, 6.45) is 12.5. The molecule has 18 heteroatoms. The Bertz CT molecular complexity index is 1420. The molecule has 0 saturated carbocycles. The molecule has 0 spiro atoms. The van der Waals surface area contributed by atoms with E-state index >= 15 is 0 Å². The van der Waals surface area contributed by atoms with Crippen LogP contribution in [-0.2, 0) is 22.9 Å². The number of pyridine rings is 4. The number of rotatable bonds is 10. The van der Waals surface area contributed by atoms with Crippen LogP contribution in [0.1, 0.15) is 32.1 Å². The van der Waals surface area contributed by atoms with E-state index in [1.165, 1.54) is 24.8 Å². The molecule has 0 aliphatic heterocycles. The van der Waals surface area contributed by atoms with Gasteiger partial charge in [0.1, 0.15) is 18.3 Å². The number of alkyl halides is 2. The number of hydrogen-bond acceptors (Lipinski definition) is 10. The molecule has 0 bridgehead atoms. The maximum atomic E-state index is 11.0. The molecule has 0 atom stereocenters. The lowest BCUT2D eigenvalue weighted by molar-refractivity contribution is -0.788. The van der Waals surface area contributed by atoms with Crippen molar-refractivity contribution in [3.05, 3.63) is 120 Å². The van der Waals surface area contributed by atoms with E-state index in [4.69, 9.17) is 49.8 Å². The van der Waals surface area contributed by atoms with E-state index in [0.717, 1.165) is 0 Å². The Morgan fingerprint density at radius 3 is 1.83 bits per heavy atom. The quantitative estimate of drug-likeness (QED) is 0.0421. The third kappa shape index (κ3) is 19.8. The van der Waals surface area contributed by atoms with Crippen LogP contribution in [0, 0.1) is 0 Å². The molecule has 4 aromatic rings. The van der Waals surface area contributed by atoms with E-state index in [1.54, 1.807) is 70.2 Å². The van der Waals surface area contributed by atoms with E-state index in [9.17, 15) is 9.59 Å². The predicted molar refractivity (Wildman–Crippen MR) is 161 cm³/mol. The van der Waals surface area contributed by atoms with Crippen LogP contribution in [0.15, 0.2) is 108 Å². The summed E-state index contributed by atoms with van der Waals surface area (Å²) in [5.41, 5.74) is 12.4. The maximum absolute atomic E-state index is 11.0. The molecule has 0 radical (unpaired) electrons. The van der Waals surface area contributed by atoms with Crippen molar-refractivity contribution >= 4 is 47.4 Å². The van der Waals surface area contributed by atoms with Gasteiger partial charge in [-0.1, -0.05) is 39.6 Å². The van der Waals surface area contributed by atoms with Gasteiger partial charge in [-0.2, -0.15) is 9.13 Å². The van der Waals surface area contributed by atoms with E-state index in [2.05, 4.69) is 25.0 Å². The fourth-order valence-corrected chi connectivity index (χ4v) is 3.03. The molecule has 0 unspecified atom stereocenters. The van der Waals surface area contributed by atoms with Gasteiger partial charge in [-0.15, -0.1) is 0 Å². The van der Waals surface area contributed by atoms with Gasteiger partial charge in [-0.05, 0) is 30.3 Å². The maximum Gasteiger partial charge on any atom is 0.258 e. The number of hydrogen-bond donors (Lipinski definition) is 4. The summed E-state index contributed by atoms with van der Waals surface area (Å²) in [7, 11) is 0. The Hall–Kier alpha value is -4.44. The molecule has 0 fully saturated rings. The van der Waals surface area contributed by atoms with Crippen LogP contribution >= 0.6 is 23.2 Å². The van der Waals surface area contributed by atoms with Crippen LogP contribution in [0.3, 0.4) is 0 Å². The van der Waals surface area contributed by atoms with Crippen LogP contribution in [0.5, 0.6) is 0 Å². The summed E-state index contributed by atoms with van der Waals surface area (Å²) in [6.45, 7) is 0.614. The monoisotopic (exact) mass is 716 g/mol. The summed E-state index contributed by atoms with van der Waals surface area (Å²) in [5, 5.41) is 22.5. The lowest BCUT2D eigenvalue weighted by Crippen LogP contribution is -3.00. The second-order valence-electron chi connectivity index (χ2n) is 7.79. The van der Waals surface area contributed by atoms with E-state index in [-0.39, 0.29) is 36.9 Å². The SMILES string of the molecule is ClCOCCl.NC(=O)c1cc[n+](COC[n+]2ccccc2/C=N/O)cc1.NC(=O)c1ccncc1.O/N=C/c1ccccn1.[Cl-].[Cl-]. The summed E-state index contributed by atoms with van der Waals surface area (Å²) in [5.74, 6) is -0.881. The predicted octanol–water partition coefficient (Wildman–Crippen LogP) is -3.73. The summed E-state index contributed by atoms with van der Waals surface area (Å²) < 4.78 is 13.5. The molecule has 2 amide bonds. The van der Waals surface area contributed by atoms with Gasteiger partial charge in [0.2, 0.25) is 17.5 Å². The Morgan fingerprint density at radius 1 is 0.761 bits per heavy atom. The second kappa shape index (κ2) is 28.1. The van der Waals surface area contributed by atoms with Gasteiger partial charge < -0.3 is 51.4 Å². The minimum Gasteiger partial charge on any atom is -1.00 e. The lowest BCUT2D eigenvalue weighted by atomic mass is 10.2. The number of aromatic nitrogens is 4. The number of halogens is 4. The number of carbonyl (C=O) groups is 2. The van der Waals surface area contributed by atoms with Gasteiger partial charge in [-0.3, -0.25) is 24.3 Å². The Kier molecular flexibility index (Phi) is 26.7. The zero-order valence-electron chi connectivity index (χ0n) is 24.1. The molecule has 6 N–H and O–H groups in total. The van der Waals surface area contributed by atoms with Crippen molar-refractivity contribution in [2.45, 2.75) is 13.5 Å². The van der Waals surface area contributed by atoms with Gasteiger partial charge in [0, 0.05) is 48.4 Å². The smallest absolute Gasteiger partial charge is 0.258 e. The molecule has 0 aliphatic rings. The number of primary amides is 2. The third-order valence-corrected chi connectivity index (χ3v) is 5.12. The highest BCUT2D eigenvalue weighted by atomic mass is 35.5. The first-order valence-electron chi connectivity index (χ1n) is 12.4. The van der Waals surface area contributed by atoms with Crippen molar-refractivity contribution < 1.29 is 63.4 Å². The highest BCUT2D eigenvalue weighted by Gasteiger charge is 2.09. The first-order chi connectivity index (χ1) is 21.4. The first kappa shape index (κ1) is 43.7. The topological polar surface area (TPSA) is 203 Å². The zero-order chi connectivity index (χ0) is 32.4. The van der Waals surface area contributed by atoms with E-state index < -0.39 is 11.8 Å². The van der Waals surface area contributed by atoms with Crippen molar-refractivity contribution in [2.24, 2.45) is 21.8 Å². The van der Waals surface area contributed by atoms with Gasteiger partial charge in [-0.25, -0.2) is 0 Å². The van der Waals surface area contributed by atoms with Gasteiger partial charge in [0.05, 0.1) is 17.5 Å². The molecule has 0 saturated heterocycles. The number of nitrogens with zero attached hydrogens (tertiary/aromatic N) is 6. The van der Waals surface area contributed by atoms with E-state index in [1.807, 2.05) is 24.4 Å². The number of carbonyl (C=O) groups excluding carboxylic acids is 2. The Morgan fingerprint density at radius 2 is 1.35 bits per heavy atom. The number of ether oxygens (including phenoxy) is 2.